The van der Waals surface area contributed by atoms with E-state index >= 15 is 0 Å². The van der Waals surface area contributed by atoms with Crippen LogP contribution in [0.4, 0.5) is 35.1 Å². The summed E-state index contributed by atoms with van der Waals surface area (Å²) in [5.74, 6) is -12.2. The first-order valence-corrected chi connectivity index (χ1v) is 3.12. The highest BCUT2D eigenvalue weighted by molar-refractivity contribution is 5.85. The van der Waals surface area contributed by atoms with E-state index in [2.05, 4.69) is 4.74 Å². The third-order valence-corrected chi connectivity index (χ3v) is 1.14. The molecule has 94 valence electrons. The summed E-state index contributed by atoms with van der Waals surface area (Å²) in [5, 5.41) is 0. The second kappa shape index (κ2) is 3.91. The van der Waals surface area contributed by atoms with Crippen molar-refractivity contribution in [2.75, 3.05) is 0 Å². The molecule has 0 aromatic heterocycles. The van der Waals surface area contributed by atoms with Crippen molar-refractivity contribution < 1.29 is 47.4 Å². The highest BCUT2D eigenvalue weighted by Gasteiger charge is 2.76. The smallest absolute Gasteiger partial charge is 0.407 e. The Bertz CT molecular complexity index is 353. The maximum absolute atomic E-state index is 12.7. The minimum absolute atomic E-state index is 2.06. The molecule has 0 heterocycles. The van der Waals surface area contributed by atoms with E-state index in [9.17, 15) is 39.9 Å². The largest absolute Gasteiger partial charge is 0.470 e. The van der Waals surface area contributed by atoms with Crippen LogP contribution in [-0.4, -0.2) is 24.2 Å². The first kappa shape index (κ1) is 11.1. The number of ether oxygens (including phenoxy) is 1. The van der Waals surface area contributed by atoms with E-state index in [1.807, 2.05) is 0 Å². The number of esters is 1. The highest BCUT2D eigenvalue weighted by Crippen LogP contribution is 2.47. The van der Waals surface area contributed by atoms with Crippen molar-refractivity contribution in [1.29, 1.82) is 0 Å². The lowest BCUT2D eigenvalue weighted by atomic mass is 10.3. The highest BCUT2D eigenvalue weighted by atomic mass is 19.4. The van der Waals surface area contributed by atoms with E-state index < -0.39 is 36.5 Å². The van der Waals surface area contributed by atoms with Crippen molar-refractivity contribution in [3.63, 3.8) is 0 Å². The monoisotopic (exact) mass is 260 g/mol. The number of hydrogen-bond acceptors (Lipinski definition) is 2. The average molecular weight is 260 g/mol. The van der Waals surface area contributed by atoms with Crippen LogP contribution in [0.1, 0.15) is 2.74 Å². The minimum Gasteiger partial charge on any atom is -0.407 e. The van der Waals surface area contributed by atoms with E-state index in [1.54, 1.807) is 0 Å². The van der Waals surface area contributed by atoms with Crippen molar-refractivity contribution in [2.24, 2.45) is 0 Å². The molecular weight excluding hydrogens is 256 g/mol. The Balaban J connectivity index is 5.46. The SMILES string of the molecule is [2H]C([2H])=C(F)C(=O)OC(F)(C(F)(F)F)C(F)(F)F. The molecule has 0 N–H and O–H groups in total. The first-order chi connectivity index (χ1) is 7.74. The van der Waals surface area contributed by atoms with Gasteiger partial charge < -0.3 is 4.74 Å². The fourth-order valence-corrected chi connectivity index (χ4v) is 0.449. The summed E-state index contributed by atoms with van der Waals surface area (Å²) >= 11 is 0. The third-order valence-electron chi connectivity index (χ3n) is 1.14. The molecule has 16 heavy (non-hydrogen) atoms. The Kier molecular flexibility index (Phi) is 2.72. The molecule has 0 atom stereocenters. The molecule has 0 aliphatic carbocycles. The summed E-state index contributed by atoms with van der Waals surface area (Å²) in [6, 6.07) is 0. The third kappa shape index (κ3) is 2.61. The molecule has 10 heteroatoms. The van der Waals surface area contributed by atoms with Crippen LogP contribution in [0.3, 0.4) is 0 Å². The molecule has 0 saturated carbocycles. The number of carbonyl (C=O) groups excluding carboxylic acids is 1. The predicted octanol–water partition coefficient (Wildman–Crippen LogP) is 2.80. The molecule has 0 aromatic carbocycles. The normalized spacial score (nSPS) is 15.0. The van der Waals surface area contributed by atoms with E-state index in [-0.39, 0.29) is 0 Å². The summed E-state index contributed by atoms with van der Waals surface area (Å²) in [6.45, 7) is -2.06. The van der Waals surface area contributed by atoms with Crippen molar-refractivity contribution in [2.45, 2.75) is 18.2 Å². The van der Waals surface area contributed by atoms with Gasteiger partial charge in [0.25, 0.3) is 0 Å². The maximum Gasteiger partial charge on any atom is 0.470 e. The Morgan fingerprint density at radius 2 is 1.44 bits per heavy atom. The van der Waals surface area contributed by atoms with Gasteiger partial charge in [-0.3, -0.25) is 0 Å². The summed E-state index contributed by atoms with van der Waals surface area (Å²) in [4.78, 5) is 10.4. The summed E-state index contributed by atoms with van der Waals surface area (Å²) in [7, 11) is 0. The molecular formula is C6H2F8O2. The molecule has 0 rings (SSSR count). The van der Waals surface area contributed by atoms with E-state index in [0.717, 1.165) is 0 Å². The van der Waals surface area contributed by atoms with Gasteiger partial charge in [-0.05, 0) is 0 Å². The summed E-state index contributed by atoms with van der Waals surface area (Å²) < 4.78 is 111. The van der Waals surface area contributed by atoms with Crippen LogP contribution in [0.15, 0.2) is 12.4 Å². The second-order valence-electron chi connectivity index (χ2n) is 2.29. The minimum atomic E-state index is -6.70. The zero-order valence-corrected chi connectivity index (χ0v) is 6.84. The van der Waals surface area contributed by atoms with Gasteiger partial charge >= 0.3 is 24.2 Å². The Hall–Kier alpha value is -1.35. The first-order valence-electron chi connectivity index (χ1n) is 4.12. The number of rotatable bonds is 2. The molecule has 0 fully saturated rings. The molecule has 0 radical (unpaired) electrons. The van der Waals surface area contributed by atoms with Crippen LogP contribution in [0.5, 0.6) is 0 Å². The zero-order chi connectivity index (χ0) is 14.9. The van der Waals surface area contributed by atoms with Gasteiger partial charge in [-0.2, -0.15) is 35.1 Å². The molecule has 0 spiro atoms. The molecule has 0 saturated heterocycles. The number of halogens is 8. The van der Waals surface area contributed by atoms with Gasteiger partial charge in [0.15, 0.2) is 0 Å². The summed E-state index contributed by atoms with van der Waals surface area (Å²) in [6.07, 6.45) is -13.4. The van der Waals surface area contributed by atoms with Gasteiger partial charge in [0.1, 0.15) is 0 Å². The Labute approximate surface area is 85.3 Å². The van der Waals surface area contributed by atoms with Crippen LogP contribution in [0.25, 0.3) is 0 Å². The second-order valence-corrected chi connectivity index (χ2v) is 2.29. The molecule has 2 nitrogen and oxygen atoms in total. The van der Waals surface area contributed by atoms with Crippen LogP contribution in [0, 0.1) is 0 Å². The zero-order valence-electron chi connectivity index (χ0n) is 8.84. The lowest BCUT2D eigenvalue weighted by Gasteiger charge is -2.28. The van der Waals surface area contributed by atoms with Gasteiger partial charge in [0.05, 0.1) is 2.74 Å². The van der Waals surface area contributed by atoms with Gasteiger partial charge in [0, 0.05) is 0 Å². The van der Waals surface area contributed by atoms with Crippen LogP contribution >= 0.6 is 0 Å². The Morgan fingerprint density at radius 3 is 1.69 bits per heavy atom. The predicted molar refractivity (Wildman–Crippen MR) is 32.3 cm³/mol. The quantitative estimate of drug-likeness (QED) is 0.433. The van der Waals surface area contributed by atoms with Crippen molar-refractivity contribution in [1.82, 2.24) is 0 Å². The topological polar surface area (TPSA) is 26.3 Å². The van der Waals surface area contributed by atoms with E-state index in [4.69, 9.17) is 2.74 Å². The lowest BCUT2D eigenvalue weighted by Crippen LogP contribution is -2.56. The number of carbonyl (C=O) groups is 1. The molecule has 0 aromatic rings. The van der Waals surface area contributed by atoms with Gasteiger partial charge in [-0.15, -0.1) is 0 Å². The van der Waals surface area contributed by atoms with Crippen molar-refractivity contribution in [3.8, 4) is 0 Å². The maximum atomic E-state index is 12.7. The van der Waals surface area contributed by atoms with Crippen LogP contribution in [0.2, 0.25) is 0 Å². The van der Waals surface area contributed by atoms with Crippen LogP contribution < -0.4 is 0 Å². The summed E-state index contributed by atoms with van der Waals surface area (Å²) in [5.41, 5.74) is 0. The molecule has 0 aliphatic rings. The molecule has 0 unspecified atom stereocenters. The molecule has 0 aliphatic heterocycles. The van der Waals surface area contributed by atoms with Crippen molar-refractivity contribution >= 4 is 5.97 Å². The standard InChI is InChI=1S/C6H2F8O2/c1-2(7)3(15)16-4(8,5(9,10)11)6(12,13)14/h1H2/i1D2. The molecule has 0 bridgehead atoms. The van der Waals surface area contributed by atoms with Crippen molar-refractivity contribution in [3.05, 3.63) is 12.4 Å². The van der Waals surface area contributed by atoms with Gasteiger partial charge in [-0.1, -0.05) is 6.53 Å². The van der Waals surface area contributed by atoms with Gasteiger partial charge in [0.2, 0.25) is 5.83 Å². The van der Waals surface area contributed by atoms with E-state index in [0.29, 0.717) is 0 Å². The van der Waals surface area contributed by atoms with Gasteiger partial charge in [-0.25, -0.2) is 4.79 Å². The number of hydrogen-bond donors (Lipinski definition) is 0. The average Bonchev–Trinajstić information content (AvgIpc) is 2.12. The number of alkyl halides is 7. The Morgan fingerprint density at radius 1 is 1.06 bits per heavy atom. The molecule has 0 amide bonds. The van der Waals surface area contributed by atoms with E-state index in [1.165, 1.54) is 0 Å². The lowest BCUT2D eigenvalue weighted by molar-refractivity contribution is -0.416. The van der Waals surface area contributed by atoms with Crippen LogP contribution in [-0.2, 0) is 9.53 Å². The fraction of sp³-hybridized carbons (Fsp3) is 0.500. The fourth-order valence-electron chi connectivity index (χ4n) is 0.449.